The van der Waals surface area contributed by atoms with Gasteiger partial charge in [0.2, 0.25) is 0 Å². The molecule has 0 aliphatic carbocycles. The lowest BCUT2D eigenvalue weighted by atomic mass is 10.0. The van der Waals surface area contributed by atoms with E-state index in [2.05, 4.69) is 19.2 Å². The van der Waals surface area contributed by atoms with E-state index >= 15 is 0 Å². The molecule has 110 valence electrons. The number of benzene rings is 2. The number of rotatable bonds is 5. The highest BCUT2D eigenvalue weighted by atomic mass is 16.5. The summed E-state index contributed by atoms with van der Waals surface area (Å²) in [5, 5.41) is 3.43. The van der Waals surface area contributed by atoms with E-state index < -0.39 is 0 Å². The highest BCUT2D eigenvalue weighted by molar-refractivity contribution is 5.70. The van der Waals surface area contributed by atoms with Crippen LogP contribution in [0.4, 0.5) is 5.69 Å². The molecule has 3 N–H and O–H groups in total. The van der Waals surface area contributed by atoms with Gasteiger partial charge in [-0.25, -0.2) is 0 Å². The van der Waals surface area contributed by atoms with Gasteiger partial charge in [0.25, 0.3) is 0 Å². The molecule has 21 heavy (non-hydrogen) atoms. The second-order valence-electron chi connectivity index (χ2n) is 5.20. The number of ether oxygens (including phenoxy) is 1. The summed E-state index contributed by atoms with van der Waals surface area (Å²) >= 11 is 0. The summed E-state index contributed by atoms with van der Waals surface area (Å²) in [6, 6.07) is 17.8. The Bertz CT molecular complexity index is 601. The Morgan fingerprint density at radius 3 is 2.14 bits per heavy atom. The lowest BCUT2D eigenvalue weighted by Gasteiger charge is -2.18. The van der Waals surface area contributed by atoms with Crippen molar-refractivity contribution in [2.45, 2.75) is 13.8 Å². The van der Waals surface area contributed by atoms with E-state index in [4.69, 9.17) is 10.5 Å². The Morgan fingerprint density at radius 2 is 1.62 bits per heavy atom. The zero-order valence-electron chi connectivity index (χ0n) is 12.8. The average molecular weight is 282 g/mol. The molecule has 0 amide bonds. The van der Waals surface area contributed by atoms with Crippen molar-refractivity contribution in [2.24, 2.45) is 11.7 Å². The number of anilines is 1. The molecule has 0 radical (unpaired) electrons. The van der Waals surface area contributed by atoms with Crippen LogP contribution in [-0.4, -0.2) is 7.11 Å². The van der Waals surface area contributed by atoms with E-state index in [0.29, 0.717) is 5.92 Å². The van der Waals surface area contributed by atoms with E-state index in [-0.39, 0.29) is 0 Å². The van der Waals surface area contributed by atoms with Crippen molar-refractivity contribution in [3.8, 4) is 5.75 Å². The van der Waals surface area contributed by atoms with E-state index in [1.807, 2.05) is 54.6 Å². The molecule has 2 rings (SSSR count). The number of nitrogens with two attached hydrogens (primary N) is 1. The number of methoxy groups -OCH3 is 1. The third kappa shape index (κ3) is 3.78. The van der Waals surface area contributed by atoms with Gasteiger partial charge in [-0.3, -0.25) is 0 Å². The molecule has 0 atom stereocenters. The van der Waals surface area contributed by atoms with Gasteiger partial charge < -0.3 is 15.8 Å². The molecule has 0 unspecified atom stereocenters. The Morgan fingerprint density at radius 1 is 1.00 bits per heavy atom. The molecule has 0 fully saturated rings. The van der Waals surface area contributed by atoms with Crippen LogP contribution in [0.15, 0.2) is 60.3 Å². The van der Waals surface area contributed by atoms with Crippen molar-refractivity contribution in [1.29, 1.82) is 0 Å². The lowest BCUT2D eigenvalue weighted by Crippen LogP contribution is -2.13. The van der Waals surface area contributed by atoms with Gasteiger partial charge in [-0.05, 0) is 35.7 Å². The zero-order valence-corrected chi connectivity index (χ0v) is 12.8. The topological polar surface area (TPSA) is 47.3 Å². The molecule has 3 nitrogen and oxygen atoms in total. The van der Waals surface area contributed by atoms with Gasteiger partial charge in [0.1, 0.15) is 5.75 Å². The summed E-state index contributed by atoms with van der Waals surface area (Å²) in [7, 11) is 1.66. The highest BCUT2D eigenvalue weighted by Gasteiger charge is 2.10. The Labute approximate surface area is 126 Å². The summed E-state index contributed by atoms with van der Waals surface area (Å²) in [6.45, 7) is 4.25. The SMILES string of the molecule is COc1ccc(N/C(=C(/N)c2ccccc2)C(C)C)cc1. The maximum atomic E-state index is 6.34. The number of hydrogen-bond acceptors (Lipinski definition) is 3. The molecule has 0 aliphatic heterocycles. The minimum atomic E-state index is 0.298. The van der Waals surface area contributed by atoms with Crippen LogP contribution in [0.5, 0.6) is 5.75 Å². The number of allylic oxidation sites excluding steroid dienone is 1. The van der Waals surface area contributed by atoms with E-state index in [9.17, 15) is 0 Å². The van der Waals surface area contributed by atoms with Crippen LogP contribution < -0.4 is 15.8 Å². The fourth-order valence-electron chi connectivity index (χ4n) is 2.13. The zero-order chi connectivity index (χ0) is 15.2. The van der Waals surface area contributed by atoms with Crippen LogP contribution in [0.25, 0.3) is 5.70 Å². The van der Waals surface area contributed by atoms with Gasteiger partial charge in [-0.1, -0.05) is 44.2 Å². The first kappa shape index (κ1) is 15.0. The Balaban J connectivity index is 2.30. The summed E-state index contributed by atoms with van der Waals surface area (Å²) < 4.78 is 5.17. The smallest absolute Gasteiger partial charge is 0.119 e. The largest absolute Gasteiger partial charge is 0.497 e. The maximum absolute atomic E-state index is 6.34. The van der Waals surface area contributed by atoms with Gasteiger partial charge in [0, 0.05) is 11.4 Å². The second-order valence-corrected chi connectivity index (χ2v) is 5.20. The molecule has 3 heteroatoms. The molecule has 2 aromatic carbocycles. The lowest BCUT2D eigenvalue weighted by molar-refractivity contribution is 0.415. The van der Waals surface area contributed by atoms with Crippen LogP contribution in [-0.2, 0) is 0 Å². The van der Waals surface area contributed by atoms with Crippen LogP contribution in [0, 0.1) is 5.92 Å². The summed E-state index contributed by atoms with van der Waals surface area (Å²) in [6.07, 6.45) is 0. The first-order chi connectivity index (χ1) is 10.1. The van der Waals surface area contributed by atoms with Crippen LogP contribution in [0.3, 0.4) is 0 Å². The van der Waals surface area contributed by atoms with Crippen LogP contribution in [0.1, 0.15) is 19.4 Å². The molecule has 0 saturated heterocycles. The van der Waals surface area contributed by atoms with E-state index in [1.54, 1.807) is 7.11 Å². The normalized spacial score (nSPS) is 12.0. The molecule has 2 aromatic rings. The first-order valence-corrected chi connectivity index (χ1v) is 7.08. The minimum absolute atomic E-state index is 0.298. The van der Waals surface area contributed by atoms with E-state index in [1.165, 1.54) is 0 Å². The van der Waals surface area contributed by atoms with Crippen molar-refractivity contribution in [2.75, 3.05) is 12.4 Å². The maximum Gasteiger partial charge on any atom is 0.119 e. The predicted molar refractivity (Wildman–Crippen MR) is 89.0 cm³/mol. The Hall–Kier alpha value is -2.42. The third-order valence-corrected chi connectivity index (χ3v) is 3.32. The van der Waals surface area contributed by atoms with Gasteiger partial charge in [0.05, 0.1) is 12.8 Å². The number of nitrogens with one attached hydrogen (secondary N) is 1. The van der Waals surface area contributed by atoms with Crippen molar-refractivity contribution in [3.05, 3.63) is 65.9 Å². The first-order valence-electron chi connectivity index (χ1n) is 7.08. The molecular formula is C18H22N2O. The van der Waals surface area contributed by atoms with Gasteiger partial charge in [-0.15, -0.1) is 0 Å². The van der Waals surface area contributed by atoms with Crippen LogP contribution in [0.2, 0.25) is 0 Å². The quantitative estimate of drug-likeness (QED) is 0.868. The molecule has 0 aromatic heterocycles. The molecular weight excluding hydrogens is 260 g/mol. The van der Waals surface area contributed by atoms with E-state index in [0.717, 1.165) is 28.4 Å². The summed E-state index contributed by atoms with van der Waals surface area (Å²) in [5.41, 5.74) is 10.2. The molecule has 0 bridgehead atoms. The monoisotopic (exact) mass is 282 g/mol. The number of hydrogen-bond donors (Lipinski definition) is 2. The van der Waals surface area contributed by atoms with Gasteiger partial charge >= 0.3 is 0 Å². The van der Waals surface area contributed by atoms with Crippen molar-refractivity contribution < 1.29 is 4.74 Å². The van der Waals surface area contributed by atoms with Crippen molar-refractivity contribution in [3.63, 3.8) is 0 Å². The Kier molecular flexibility index (Phi) is 4.88. The molecule has 0 spiro atoms. The molecule has 0 heterocycles. The highest BCUT2D eigenvalue weighted by Crippen LogP contribution is 2.23. The van der Waals surface area contributed by atoms with Crippen molar-refractivity contribution in [1.82, 2.24) is 0 Å². The third-order valence-electron chi connectivity index (χ3n) is 3.32. The van der Waals surface area contributed by atoms with Crippen LogP contribution >= 0.6 is 0 Å². The fourth-order valence-corrected chi connectivity index (χ4v) is 2.13. The van der Waals surface area contributed by atoms with Crippen molar-refractivity contribution >= 4 is 11.4 Å². The second kappa shape index (κ2) is 6.84. The fraction of sp³-hybridized carbons (Fsp3) is 0.222. The molecule has 0 saturated carbocycles. The van der Waals surface area contributed by atoms with Gasteiger partial charge in [0.15, 0.2) is 0 Å². The minimum Gasteiger partial charge on any atom is -0.497 e. The predicted octanol–water partition coefficient (Wildman–Crippen LogP) is 4.09. The van der Waals surface area contributed by atoms with Gasteiger partial charge in [-0.2, -0.15) is 0 Å². The standard InChI is InChI=1S/C18H22N2O/c1-13(2)18(17(19)14-7-5-4-6-8-14)20-15-9-11-16(21-3)12-10-15/h4-13,20H,19H2,1-3H3/b18-17+. The summed E-state index contributed by atoms with van der Waals surface area (Å²) in [4.78, 5) is 0. The molecule has 0 aliphatic rings. The average Bonchev–Trinajstić information content (AvgIpc) is 2.53. The summed E-state index contributed by atoms with van der Waals surface area (Å²) in [5.74, 6) is 1.14.